The Kier molecular flexibility index (Phi) is 6.61. The Labute approximate surface area is 149 Å². The molecule has 0 aliphatic carbocycles. The Balaban J connectivity index is 1.47. The normalized spacial score (nSPS) is 22.5. The van der Waals surface area contributed by atoms with Gasteiger partial charge in [-0.15, -0.1) is 0 Å². The van der Waals surface area contributed by atoms with E-state index in [1.165, 1.54) is 0 Å². The largest absolute Gasteiger partial charge is 0.381 e. The van der Waals surface area contributed by atoms with Crippen molar-refractivity contribution < 1.29 is 14.3 Å². The lowest BCUT2D eigenvalue weighted by molar-refractivity contribution is 0.00212. The van der Waals surface area contributed by atoms with Crippen molar-refractivity contribution in [2.24, 2.45) is 5.92 Å². The van der Waals surface area contributed by atoms with Crippen LogP contribution in [0.25, 0.3) is 0 Å². The molecule has 0 radical (unpaired) electrons. The van der Waals surface area contributed by atoms with Crippen LogP contribution in [0, 0.1) is 12.8 Å². The fraction of sp³-hybridized carbons (Fsp3) is 0.667. The maximum absolute atomic E-state index is 12.2. The third-order valence-corrected chi connectivity index (χ3v) is 4.92. The van der Waals surface area contributed by atoms with Gasteiger partial charge in [0.1, 0.15) is 0 Å². The predicted molar refractivity (Wildman–Crippen MR) is 94.3 cm³/mol. The van der Waals surface area contributed by atoms with Crippen molar-refractivity contribution in [3.05, 3.63) is 29.6 Å². The molecule has 3 rings (SSSR count). The van der Waals surface area contributed by atoms with Crippen LogP contribution in [0.4, 0.5) is 4.79 Å². The summed E-state index contributed by atoms with van der Waals surface area (Å²) in [5.74, 6) is 0.472. The predicted octanol–water partition coefficient (Wildman–Crippen LogP) is 0.927. The van der Waals surface area contributed by atoms with Gasteiger partial charge >= 0.3 is 6.03 Å². The molecular formula is C18H28N4O3. The average Bonchev–Trinajstić information content (AvgIpc) is 3.17. The second kappa shape index (κ2) is 9.12. The van der Waals surface area contributed by atoms with Crippen LogP contribution < -0.4 is 10.6 Å². The number of urea groups is 1. The molecular weight excluding hydrogens is 320 g/mol. The van der Waals surface area contributed by atoms with E-state index in [0.717, 1.165) is 57.2 Å². The van der Waals surface area contributed by atoms with Crippen molar-refractivity contribution in [1.82, 2.24) is 20.5 Å². The minimum atomic E-state index is -0.141. The molecule has 1 aromatic rings. The number of morpholine rings is 1. The Morgan fingerprint density at radius 2 is 2.12 bits per heavy atom. The number of pyridine rings is 1. The minimum Gasteiger partial charge on any atom is -0.381 e. The molecule has 7 nitrogen and oxygen atoms in total. The first kappa shape index (κ1) is 18.1. The Bertz CT molecular complexity index is 540. The van der Waals surface area contributed by atoms with E-state index in [9.17, 15) is 4.79 Å². The number of carbonyl (C=O) groups excluding carboxylic acids is 1. The fourth-order valence-corrected chi connectivity index (χ4v) is 3.40. The van der Waals surface area contributed by atoms with E-state index in [2.05, 4.69) is 20.5 Å². The summed E-state index contributed by atoms with van der Waals surface area (Å²) in [5, 5.41) is 5.93. The van der Waals surface area contributed by atoms with Crippen molar-refractivity contribution in [3.8, 4) is 0 Å². The Hall–Kier alpha value is -1.70. The fourth-order valence-electron chi connectivity index (χ4n) is 3.40. The summed E-state index contributed by atoms with van der Waals surface area (Å²) < 4.78 is 11.0. The highest BCUT2D eigenvalue weighted by molar-refractivity contribution is 5.73. The monoisotopic (exact) mass is 348 g/mol. The number of aromatic nitrogens is 1. The molecule has 0 bridgehead atoms. The molecule has 7 heteroatoms. The Morgan fingerprint density at radius 1 is 1.28 bits per heavy atom. The van der Waals surface area contributed by atoms with Crippen molar-refractivity contribution in [2.75, 3.05) is 46.1 Å². The standard InChI is InChI=1S/C18H28N4O3/c1-14-2-3-15(10-19-14)11-20-18(23)21-12-17(16-4-7-25-13-16)22-5-8-24-9-6-22/h2-3,10,16-17H,4-9,11-13H2,1H3,(H2,20,21,23)/t16-,17+/m0/s1. The number of ether oxygens (including phenoxy) is 2. The molecule has 2 amide bonds. The summed E-state index contributed by atoms with van der Waals surface area (Å²) in [6.45, 7) is 8.01. The van der Waals surface area contributed by atoms with E-state index in [-0.39, 0.29) is 6.03 Å². The van der Waals surface area contributed by atoms with Gasteiger partial charge in [0, 0.05) is 56.6 Å². The second-order valence-electron chi connectivity index (χ2n) is 6.71. The van der Waals surface area contributed by atoms with Crippen LogP contribution in [-0.2, 0) is 16.0 Å². The van der Waals surface area contributed by atoms with E-state index in [1.54, 1.807) is 6.20 Å². The van der Waals surface area contributed by atoms with Gasteiger partial charge in [-0.1, -0.05) is 6.07 Å². The first-order chi connectivity index (χ1) is 12.2. The molecule has 0 unspecified atom stereocenters. The van der Waals surface area contributed by atoms with Gasteiger partial charge in [-0.05, 0) is 25.0 Å². The maximum Gasteiger partial charge on any atom is 0.315 e. The minimum absolute atomic E-state index is 0.141. The summed E-state index contributed by atoms with van der Waals surface area (Å²) in [4.78, 5) is 18.8. The van der Waals surface area contributed by atoms with E-state index in [4.69, 9.17) is 9.47 Å². The highest BCUT2D eigenvalue weighted by Crippen LogP contribution is 2.21. The van der Waals surface area contributed by atoms with E-state index >= 15 is 0 Å². The molecule has 1 aromatic heterocycles. The number of nitrogens with zero attached hydrogens (tertiary/aromatic N) is 2. The number of carbonyl (C=O) groups is 1. The topological polar surface area (TPSA) is 75.7 Å². The van der Waals surface area contributed by atoms with E-state index < -0.39 is 0 Å². The molecule has 0 spiro atoms. The molecule has 25 heavy (non-hydrogen) atoms. The highest BCUT2D eigenvalue weighted by Gasteiger charge is 2.31. The first-order valence-electron chi connectivity index (χ1n) is 9.05. The molecule has 3 heterocycles. The Morgan fingerprint density at radius 3 is 2.80 bits per heavy atom. The van der Waals surface area contributed by atoms with Crippen LogP contribution in [0.15, 0.2) is 18.3 Å². The van der Waals surface area contributed by atoms with Gasteiger partial charge in [-0.2, -0.15) is 0 Å². The van der Waals surface area contributed by atoms with Crippen LogP contribution in [0.5, 0.6) is 0 Å². The van der Waals surface area contributed by atoms with Gasteiger partial charge in [0.15, 0.2) is 0 Å². The number of amides is 2. The van der Waals surface area contributed by atoms with Gasteiger partial charge in [-0.25, -0.2) is 4.79 Å². The van der Waals surface area contributed by atoms with Gasteiger partial charge in [-0.3, -0.25) is 9.88 Å². The van der Waals surface area contributed by atoms with Gasteiger partial charge < -0.3 is 20.1 Å². The van der Waals surface area contributed by atoms with Crippen molar-refractivity contribution in [2.45, 2.75) is 25.9 Å². The van der Waals surface area contributed by atoms with Gasteiger partial charge in [0.25, 0.3) is 0 Å². The third-order valence-electron chi connectivity index (χ3n) is 4.92. The quantitative estimate of drug-likeness (QED) is 0.800. The molecule has 2 fully saturated rings. The summed E-state index contributed by atoms with van der Waals surface area (Å²) >= 11 is 0. The van der Waals surface area contributed by atoms with Crippen molar-refractivity contribution in [1.29, 1.82) is 0 Å². The van der Waals surface area contributed by atoms with E-state index in [1.807, 2.05) is 19.1 Å². The van der Waals surface area contributed by atoms with Crippen molar-refractivity contribution >= 4 is 6.03 Å². The molecule has 138 valence electrons. The van der Waals surface area contributed by atoms with Gasteiger partial charge in [0.05, 0.1) is 19.8 Å². The number of aryl methyl sites for hydroxylation is 1. The number of hydrogen-bond acceptors (Lipinski definition) is 5. The van der Waals surface area contributed by atoms with E-state index in [0.29, 0.717) is 25.0 Å². The smallest absolute Gasteiger partial charge is 0.315 e. The molecule has 2 atom stereocenters. The number of rotatable bonds is 6. The third kappa shape index (κ3) is 5.39. The zero-order valence-electron chi connectivity index (χ0n) is 14.9. The first-order valence-corrected chi connectivity index (χ1v) is 9.05. The SMILES string of the molecule is Cc1ccc(CNC(=O)NC[C@H]([C@H]2CCOC2)N2CCOCC2)cn1. The molecule has 0 aromatic carbocycles. The lowest BCUT2D eigenvalue weighted by Gasteiger charge is -2.37. The summed E-state index contributed by atoms with van der Waals surface area (Å²) in [6.07, 6.45) is 2.85. The average molecular weight is 348 g/mol. The zero-order chi connectivity index (χ0) is 17.5. The lowest BCUT2D eigenvalue weighted by Crippen LogP contribution is -2.53. The van der Waals surface area contributed by atoms with Crippen LogP contribution in [-0.4, -0.2) is 68.0 Å². The summed E-state index contributed by atoms with van der Waals surface area (Å²) in [5.41, 5.74) is 1.97. The van der Waals surface area contributed by atoms with Crippen LogP contribution in [0.3, 0.4) is 0 Å². The zero-order valence-corrected chi connectivity index (χ0v) is 14.9. The van der Waals surface area contributed by atoms with Crippen LogP contribution in [0.1, 0.15) is 17.7 Å². The molecule has 2 saturated heterocycles. The number of hydrogen-bond donors (Lipinski definition) is 2. The van der Waals surface area contributed by atoms with Gasteiger partial charge in [0.2, 0.25) is 0 Å². The molecule has 0 saturated carbocycles. The number of nitrogens with one attached hydrogen (secondary N) is 2. The molecule has 2 aliphatic heterocycles. The summed E-state index contributed by atoms with van der Waals surface area (Å²) in [6, 6.07) is 4.09. The highest BCUT2D eigenvalue weighted by atomic mass is 16.5. The lowest BCUT2D eigenvalue weighted by atomic mass is 9.97. The van der Waals surface area contributed by atoms with Crippen LogP contribution in [0.2, 0.25) is 0 Å². The maximum atomic E-state index is 12.2. The molecule has 2 N–H and O–H groups in total. The summed E-state index contributed by atoms with van der Waals surface area (Å²) in [7, 11) is 0. The molecule has 2 aliphatic rings. The second-order valence-corrected chi connectivity index (χ2v) is 6.71. The van der Waals surface area contributed by atoms with Crippen LogP contribution >= 0.6 is 0 Å². The van der Waals surface area contributed by atoms with Crippen molar-refractivity contribution in [3.63, 3.8) is 0 Å².